The van der Waals surface area contributed by atoms with Crippen LogP contribution < -0.4 is 9.62 Å². The van der Waals surface area contributed by atoms with Crippen molar-refractivity contribution in [2.45, 2.75) is 46.7 Å². The van der Waals surface area contributed by atoms with Crippen molar-refractivity contribution in [3.8, 4) is 0 Å². The van der Waals surface area contributed by atoms with Gasteiger partial charge in [0, 0.05) is 37.2 Å². The normalized spacial score (nSPS) is 12.4. The number of aryl methyl sites for hydroxylation is 2. The minimum absolute atomic E-state index is 0.00179. The molecule has 0 spiro atoms. The number of carbonyl (C=O) groups excluding carboxylic acids is 2. The lowest BCUT2D eigenvalue weighted by Gasteiger charge is -2.33. The van der Waals surface area contributed by atoms with Gasteiger partial charge in [0.25, 0.3) is 0 Å². The van der Waals surface area contributed by atoms with Gasteiger partial charge in [0.1, 0.15) is 12.6 Å². The van der Waals surface area contributed by atoms with Gasteiger partial charge in [-0.05, 0) is 62.1 Å². The largest absolute Gasteiger partial charge is 0.354 e. The summed E-state index contributed by atoms with van der Waals surface area (Å²) >= 11 is 12.4. The SMILES string of the molecule is CCCNC(=O)C(C)N(Cc1ccc(Cl)cc1Cl)C(=O)CN(c1cc(C)ccc1C)S(=O)(=O)N(C)C. The minimum Gasteiger partial charge on any atom is -0.354 e. The fourth-order valence-electron chi connectivity index (χ4n) is 3.50. The van der Waals surface area contributed by atoms with Crippen molar-refractivity contribution in [1.29, 1.82) is 0 Å². The lowest BCUT2D eigenvalue weighted by molar-refractivity contribution is -0.139. The van der Waals surface area contributed by atoms with E-state index in [-0.39, 0.29) is 12.5 Å². The van der Waals surface area contributed by atoms with E-state index in [0.717, 1.165) is 20.6 Å². The molecule has 2 rings (SSSR count). The van der Waals surface area contributed by atoms with Gasteiger partial charge in [-0.25, -0.2) is 4.31 Å². The highest BCUT2D eigenvalue weighted by molar-refractivity contribution is 7.90. The van der Waals surface area contributed by atoms with Gasteiger partial charge in [0.2, 0.25) is 11.8 Å². The Balaban J connectivity index is 2.52. The van der Waals surface area contributed by atoms with Crippen LogP contribution in [0.5, 0.6) is 0 Å². The zero-order valence-electron chi connectivity index (χ0n) is 21.5. The third kappa shape index (κ3) is 7.35. The molecule has 2 aromatic rings. The average Bonchev–Trinajstić information content (AvgIpc) is 2.81. The first-order chi connectivity index (χ1) is 16.8. The van der Waals surface area contributed by atoms with Gasteiger partial charge in [0.15, 0.2) is 0 Å². The zero-order valence-corrected chi connectivity index (χ0v) is 23.8. The molecule has 8 nitrogen and oxygen atoms in total. The number of hydrogen-bond acceptors (Lipinski definition) is 4. The van der Waals surface area contributed by atoms with Gasteiger partial charge >= 0.3 is 10.2 Å². The van der Waals surface area contributed by atoms with E-state index < -0.39 is 28.7 Å². The first kappa shape index (κ1) is 29.9. The van der Waals surface area contributed by atoms with Crippen LogP contribution in [0.4, 0.5) is 5.69 Å². The molecule has 2 aromatic carbocycles. The summed E-state index contributed by atoms with van der Waals surface area (Å²) in [6, 6.07) is 9.41. The molecule has 11 heteroatoms. The Morgan fingerprint density at radius 3 is 2.31 bits per heavy atom. The number of amides is 2. The molecule has 0 heterocycles. The van der Waals surface area contributed by atoms with E-state index in [0.29, 0.717) is 33.4 Å². The summed E-state index contributed by atoms with van der Waals surface area (Å²) in [5.41, 5.74) is 2.52. The molecule has 198 valence electrons. The Morgan fingerprint density at radius 2 is 1.72 bits per heavy atom. The molecule has 0 aliphatic carbocycles. The number of rotatable bonds is 11. The van der Waals surface area contributed by atoms with Gasteiger partial charge in [-0.2, -0.15) is 12.7 Å². The van der Waals surface area contributed by atoms with E-state index in [4.69, 9.17) is 23.2 Å². The van der Waals surface area contributed by atoms with Crippen LogP contribution in [0.3, 0.4) is 0 Å². The molecule has 36 heavy (non-hydrogen) atoms. The monoisotopic (exact) mass is 556 g/mol. The molecule has 0 aliphatic rings. The molecular formula is C25H34Cl2N4O4S. The van der Waals surface area contributed by atoms with Crippen molar-refractivity contribution in [3.63, 3.8) is 0 Å². The van der Waals surface area contributed by atoms with Crippen LogP contribution in [-0.2, 0) is 26.3 Å². The Kier molecular flexibility index (Phi) is 10.6. The number of hydrogen-bond donors (Lipinski definition) is 1. The zero-order chi connectivity index (χ0) is 27.2. The van der Waals surface area contributed by atoms with Crippen LogP contribution in [0.2, 0.25) is 10.0 Å². The first-order valence-corrected chi connectivity index (χ1v) is 13.7. The van der Waals surface area contributed by atoms with Gasteiger partial charge in [-0.3, -0.25) is 9.59 Å². The third-order valence-electron chi connectivity index (χ3n) is 5.72. The highest BCUT2D eigenvalue weighted by Crippen LogP contribution is 2.27. The van der Waals surface area contributed by atoms with Crippen molar-refractivity contribution in [2.24, 2.45) is 0 Å². The fraction of sp³-hybridized carbons (Fsp3) is 0.440. The quantitative estimate of drug-likeness (QED) is 0.449. The number of nitrogens with zero attached hydrogens (tertiary/aromatic N) is 3. The summed E-state index contributed by atoms with van der Waals surface area (Å²) in [5, 5.41) is 3.58. The topological polar surface area (TPSA) is 90.0 Å². The Hall–Kier alpha value is -2.33. The summed E-state index contributed by atoms with van der Waals surface area (Å²) < 4.78 is 28.8. The van der Waals surface area contributed by atoms with Crippen molar-refractivity contribution < 1.29 is 18.0 Å². The fourth-order valence-corrected chi connectivity index (χ4v) is 5.08. The van der Waals surface area contributed by atoms with E-state index in [1.165, 1.54) is 19.0 Å². The Bertz CT molecular complexity index is 1200. The lowest BCUT2D eigenvalue weighted by Crippen LogP contribution is -2.52. The van der Waals surface area contributed by atoms with Gasteiger partial charge in [-0.1, -0.05) is 48.3 Å². The van der Waals surface area contributed by atoms with Crippen LogP contribution >= 0.6 is 23.2 Å². The standard InChI is InChI=1S/C25H34Cl2N4O4S/c1-7-12-28-25(33)19(4)30(15-20-10-11-21(26)14-22(20)27)24(32)16-31(36(34,35)29(5)6)23-13-17(2)8-9-18(23)3/h8-11,13-14,19H,7,12,15-16H2,1-6H3,(H,28,33). The van der Waals surface area contributed by atoms with Gasteiger partial charge in [0.05, 0.1) is 5.69 Å². The van der Waals surface area contributed by atoms with E-state index in [2.05, 4.69) is 5.32 Å². The van der Waals surface area contributed by atoms with E-state index >= 15 is 0 Å². The smallest absolute Gasteiger partial charge is 0.304 e. The number of halogens is 2. The molecule has 1 unspecified atom stereocenters. The maximum absolute atomic E-state index is 13.7. The van der Waals surface area contributed by atoms with Gasteiger partial charge in [-0.15, -0.1) is 0 Å². The van der Waals surface area contributed by atoms with Crippen LogP contribution in [0.15, 0.2) is 36.4 Å². The molecule has 0 aromatic heterocycles. The van der Waals surface area contributed by atoms with E-state index in [9.17, 15) is 18.0 Å². The Labute approximate surface area is 224 Å². The molecule has 1 N–H and O–H groups in total. The third-order valence-corrected chi connectivity index (χ3v) is 8.12. The summed E-state index contributed by atoms with van der Waals surface area (Å²) in [4.78, 5) is 27.9. The molecular weight excluding hydrogens is 523 g/mol. The van der Waals surface area contributed by atoms with Gasteiger partial charge < -0.3 is 10.2 Å². The summed E-state index contributed by atoms with van der Waals surface area (Å²) in [6.45, 7) is 7.12. The van der Waals surface area contributed by atoms with Crippen molar-refractivity contribution >= 4 is 50.9 Å². The van der Waals surface area contributed by atoms with Crippen molar-refractivity contribution in [2.75, 3.05) is 31.5 Å². The maximum atomic E-state index is 13.7. The van der Waals surface area contributed by atoms with Crippen LogP contribution in [0.25, 0.3) is 0 Å². The molecule has 2 amide bonds. The maximum Gasteiger partial charge on any atom is 0.304 e. The minimum atomic E-state index is -4.03. The van der Waals surface area contributed by atoms with Crippen LogP contribution in [0, 0.1) is 13.8 Å². The molecule has 0 fully saturated rings. The second-order valence-electron chi connectivity index (χ2n) is 8.81. The second-order valence-corrected chi connectivity index (χ2v) is 11.7. The number of benzene rings is 2. The predicted molar refractivity (Wildman–Crippen MR) is 146 cm³/mol. The Morgan fingerprint density at radius 1 is 1.06 bits per heavy atom. The highest BCUT2D eigenvalue weighted by Gasteiger charge is 2.33. The van der Waals surface area contributed by atoms with Crippen LogP contribution in [0.1, 0.15) is 37.0 Å². The molecule has 0 aliphatic heterocycles. The summed E-state index contributed by atoms with van der Waals surface area (Å²) in [5.74, 6) is -0.893. The predicted octanol–water partition coefficient (Wildman–Crippen LogP) is 4.17. The molecule has 1 atom stereocenters. The van der Waals surface area contributed by atoms with Crippen LogP contribution in [-0.4, -0.2) is 62.7 Å². The highest BCUT2D eigenvalue weighted by atomic mass is 35.5. The average molecular weight is 558 g/mol. The molecule has 0 bridgehead atoms. The molecule has 0 radical (unpaired) electrons. The second kappa shape index (κ2) is 12.8. The number of anilines is 1. The molecule has 0 saturated heterocycles. The summed E-state index contributed by atoms with van der Waals surface area (Å²) in [7, 11) is -1.22. The lowest BCUT2D eigenvalue weighted by atomic mass is 10.1. The van der Waals surface area contributed by atoms with Crippen molar-refractivity contribution in [1.82, 2.24) is 14.5 Å². The van der Waals surface area contributed by atoms with E-state index in [1.807, 2.05) is 19.9 Å². The number of carbonyl (C=O) groups is 2. The number of nitrogens with one attached hydrogen (secondary N) is 1. The van der Waals surface area contributed by atoms with E-state index in [1.54, 1.807) is 44.2 Å². The van der Waals surface area contributed by atoms with Crippen molar-refractivity contribution in [3.05, 3.63) is 63.1 Å². The first-order valence-electron chi connectivity index (χ1n) is 11.6. The summed E-state index contributed by atoms with van der Waals surface area (Å²) in [6.07, 6.45) is 0.733. The molecule has 0 saturated carbocycles.